The van der Waals surface area contributed by atoms with E-state index < -0.39 is 0 Å². The van der Waals surface area contributed by atoms with Gasteiger partial charge in [-0.2, -0.15) is 0 Å². The number of rotatable bonds is 10. The van der Waals surface area contributed by atoms with E-state index in [-0.39, 0.29) is 29.2 Å². The van der Waals surface area contributed by atoms with Gasteiger partial charge >= 0.3 is 0 Å². The topological polar surface area (TPSA) is 111 Å². The van der Waals surface area contributed by atoms with E-state index in [2.05, 4.69) is 21.6 Å². The monoisotopic (exact) mass is 626 g/mol. The number of hydrogen-bond donors (Lipinski definition) is 2. The molecule has 2 N–H and O–H groups in total. The van der Waals surface area contributed by atoms with Gasteiger partial charge in [0.1, 0.15) is 0 Å². The first kappa shape index (κ1) is 31.3. The number of hydrogen-bond acceptors (Lipinski definition) is 7. The van der Waals surface area contributed by atoms with Gasteiger partial charge in [0, 0.05) is 55.0 Å². The van der Waals surface area contributed by atoms with Crippen LogP contribution in [0.15, 0.2) is 65.0 Å². The van der Waals surface area contributed by atoms with Gasteiger partial charge in [0.2, 0.25) is 5.75 Å². The minimum Gasteiger partial charge on any atom is -0.493 e. The summed E-state index contributed by atoms with van der Waals surface area (Å²) in [5.74, 6) is 1.02. The molecule has 3 heterocycles. The number of carbonyl (C=O) groups is 2. The lowest BCUT2D eigenvalue weighted by molar-refractivity contribution is 0.0952. The number of nitrogens with one attached hydrogen (secondary N) is 2. The fourth-order valence-corrected chi connectivity index (χ4v) is 7.12. The number of nitrogens with zero attached hydrogens (tertiary/aromatic N) is 2. The zero-order chi connectivity index (χ0) is 32.2. The molecule has 3 aromatic rings. The van der Waals surface area contributed by atoms with Crippen molar-refractivity contribution in [3.8, 4) is 17.2 Å². The van der Waals surface area contributed by atoms with Gasteiger partial charge in [0.15, 0.2) is 11.5 Å². The highest BCUT2D eigenvalue weighted by Gasteiger charge is 2.35. The molecule has 242 valence electrons. The van der Waals surface area contributed by atoms with E-state index in [0.29, 0.717) is 53.7 Å². The maximum Gasteiger partial charge on any atom is 0.255 e. The number of fused-ring (bicyclic) bond motifs is 4. The molecule has 3 aliphatic rings. The van der Waals surface area contributed by atoms with Gasteiger partial charge in [-0.15, -0.1) is 0 Å². The Morgan fingerprint density at radius 2 is 1.70 bits per heavy atom. The third-order valence-corrected chi connectivity index (χ3v) is 9.37. The summed E-state index contributed by atoms with van der Waals surface area (Å²) >= 11 is 0. The Labute approximate surface area is 269 Å². The van der Waals surface area contributed by atoms with Crippen molar-refractivity contribution in [3.63, 3.8) is 0 Å². The molecule has 2 amide bonds. The molecule has 10 heteroatoms. The number of amides is 2. The van der Waals surface area contributed by atoms with Crippen molar-refractivity contribution < 1.29 is 23.8 Å². The molecule has 1 aliphatic carbocycles. The van der Waals surface area contributed by atoms with Crippen LogP contribution in [0.1, 0.15) is 70.9 Å². The van der Waals surface area contributed by atoms with E-state index in [9.17, 15) is 14.4 Å². The molecule has 46 heavy (non-hydrogen) atoms. The summed E-state index contributed by atoms with van der Waals surface area (Å²) in [6.07, 6.45) is 8.79. The SMILES string of the molecule is COc1cc(C(=O)Nc2cc(C(=O)NCCC3=CCCCC3)ccc2N2CC3CC(C2)c2cccc(=O)n2C3)cc(OC)c1OC. The van der Waals surface area contributed by atoms with Gasteiger partial charge < -0.3 is 34.3 Å². The number of methoxy groups -OCH3 is 3. The van der Waals surface area contributed by atoms with E-state index in [4.69, 9.17) is 14.2 Å². The van der Waals surface area contributed by atoms with Crippen LogP contribution in [-0.4, -0.2) is 57.3 Å². The Kier molecular flexibility index (Phi) is 9.33. The number of pyridine rings is 1. The van der Waals surface area contributed by atoms with Crippen LogP contribution >= 0.6 is 0 Å². The summed E-state index contributed by atoms with van der Waals surface area (Å²) in [5, 5.41) is 6.15. The van der Waals surface area contributed by atoms with Crippen LogP contribution < -0.4 is 35.3 Å². The average Bonchev–Trinajstić information content (AvgIpc) is 3.08. The molecule has 1 saturated heterocycles. The third kappa shape index (κ3) is 6.47. The van der Waals surface area contributed by atoms with Gasteiger partial charge in [-0.05, 0) is 80.8 Å². The molecule has 2 atom stereocenters. The standard InChI is InChI=1S/C36H42N4O6/c1-44-31-18-26(19-32(45-2)34(31)46-3)36(43)38-28-17-25(35(42)37-15-14-23-8-5-4-6-9-23)12-13-30(28)39-20-24-16-27(22-39)29-10-7-11-33(41)40(29)21-24/h7-8,10-13,17-19,24,27H,4-6,9,14-16,20-22H2,1-3H3,(H,37,42)(H,38,43). The molecule has 2 bridgehead atoms. The van der Waals surface area contributed by atoms with Gasteiger partial charge in [-0.3, -0.25) is 14.4 Å². The Bertz CT molecular complexity index is 1690. The molecule has 0 radical (unpaired) electrons. The van der Waals surface area contributed by atoms with Gasteiger partial charge in [-0.25, -0.2) is 0 Å². The van der Waals surface area contributed by atoms with Crippen LogP contribution in [0, 0.1) is 5.92 Å². The molecule has 2 unspecified atom stereocenters. The summed E-state index contributed by atoms with van der Waals surface area (Å²) in [5.41, 5.74) is 4.63. The van der Waals surface area contributed by atoms with Crippen molar-refractivity contribution in [2.45, 2.75) is 51.0 Å². The first-order valence-corrected chi connectivity index (χ1v) is 16.0. The highest BCUT2D eigenvalue weighted by Crippen LogP contribution is 2.41. The molecule has 2 aromatic carbocycles. The summed E-state index contributed by atoms with van der Waals surface area (Å²) in [6.45, 7) is 2.64. The van der Waals surface area contributed by atoms with Crippen molar-refractivity contribution in [3.05, 3.63) is 87.4 Å². The minimum atomic E-state index is -0.378. The van der Waals surface area contributed by atoms with Crippen molar-refractivity contribution in [2.24, 2.45) is 5.92 Å². The molecule has 0 saturated carbocycles. The second-order valence-electron chi connectivity index (χ2n) is 12.3. The highest BCUT2D eigenvalue weighted by atomic mass is 16.5. The zero-order valence-electron chi connectivity index (χ0n) is 26.8. The van der Waals surface area contributed by atoms with Crippen molar-refractivity contribution in [1.82, 2.24) is 9.88 Å². The highest BCUT2D eigenvalue weighted by molar-refractivity contribution is 6.08. The maximum atomic E-state index is 13.8. The van der Waals surface area contributed by atoms with E-state index in [0.717, 1.165) is 43.6 Å². The Balaban J connectivity index is 1.29. The largest absolute Gasteiger partial charge is 0.493 e. The second kappa shape index (κ2) is 13.7. The first-order valence-electron chi connectivity index (χ1n) is 16.0. The van der Waals surface area contributed by atoms with Crippen molar-refractivity contribution in [1.29, 1.82) is 0 Å². The van der Waals surface area contributed by atoms with Crippen LogP contribution in [0.25, 0.3) is 0 Å². The van der Waals surface area contributed by atoms with Gasteiger partial charge in [0.25, 0.3) is 17.4 Å². The summed E-state index contributed by atoms with van der Waals surface area (Å²) in [7, 11) is 4.52. The Morgan fingerprint density at radius 3 is 2.41 bits per heavy atom. The van der Waals surface area contributed by atoms with Crippen LogP contribution in [0.3, 0.4) is 0 Å². The lowest BCUT2D eigenvalue weighted by Crippen LogP contribution is -2.47. The molecule has 0 spiro atoms. The Hall–Kier alpha value is -4.73. The van der Waals surface area contributed by atoms with Gasteiger partial charge in [0.05, 0.1) is 32.7 Å². The van der Waals surface area contributed by atoms with E-state index in [1.165, 1.54) is 39.7 Å². The number of aromatic nitrogens is 1. The molecule has 2 aliphatic heterocycles. The predicted molar refractivity (Wildman–Crippen MR) is 178 cm³/mol. The first-order chi connectivity index (χ1) is 22.4. The summed E-state index contributed by atoms with van der Waals surface area (Å²) < 4.78 is 18.3. The van der Waals surface area contributed by atoms with Crippen LogP contribution in [-0.2, 0) is 6.54 Å². The number of piperidine rings is 1. The Morgan fingerprint density at radius 1 is 0.891 bits per heavy atom. The van der Waals surface area contributed by atoms with Gasteiger partial charge in [-0.1, -0.05) is 17.7 Å². The second-order valence-corrected chi connectivity index (χ2v) is 12.3. The number of allylic oxidation sites excluding steroid dienone is 1. The lowest BCUT2D eigenvalue weighted by Gasteiger charge is -2.44. The normalized spacial score (nSPS) is 18.6. The van der Waals surface area contributed by atoms with Crippen LogP contribution in [0.2, 0.25) is 0 Å². The fourth-order valence-electron chi connectivity index (χ4n) is 7.12. The van der Waals surface area contributed by atoms with Crippen molar-refractivity contribution in [2.75, 3.05) is 51.2 Å². The molecular formula is C36H42N4O6. The summed E-state index contributed by atoms with van der Waals surface area (Å²) in [6, 6.07) is 14.2. The number of benzene rings is 2. The van der Waals surface area contributed by atoms with Crippen LogP contribution in [0.5, 0.6) is 17.2 Å². The summed E-state index contributed by atoms with van der Waals surface area (Å²) in [4.78, 5) is 42.0. The van der Waals surface area contributed by atoms with Crippen LogP contribution in [0.4, 0.5) is 11.4 Å². The minimum absolute atomic E-state index is 0.0362. The number of ether oxygens (including phenoxy) is 3. The lowest BCUT2D eigenvalue weighted by atomic mass is 9.83. The van der Waals surface area contributed by atoms with E-state index in [1.807, 2.05) is 28.8 Å². The zero-order valence-corrected chi connectivity index (χ0v) is 26.8. The quantitative estimate of drug-likeness (QED) is 0.291. The average molecular weight is 627 g/mol. The number of carbonyl (C=O) groups excluding carboxylic acids is 2. The van der Waals surface area contributed by atoms with E-state index in [1.54, 1.807) is 24.3 Å². The molecule has 6 rings (SSSR count). The van der Waals surface area contributed by atoms with Crippen molar-refractivity contribution >= 4 is 23.2 Å². The maximum absolute atomic E-state index is 13.8. The predicted octanol–water partition coefficient (Wildman–Crippen LogP) is 5.37. The molecule has 1 fully saturated rings. The molecule has 1 aromatic heterocycles. The number of anilines is 2. The van der Waals surface area contributed by atoms with E-state index >= 15 is 0 Å². The third-order valence-electron chi connectivity index (χ3n) is 9.37. The fraction of sp³-hybridized carbons (Fsp3) is 0.417. The smallest absolute Gasteiger partial charge is 0.255 e. The molecule has 10 nitrogen and oxygen atoms in total. The molecular weight excluding hydrogens is 584 g/mol.